The minimum atomic E-state index is 0.00803. The predicted molar refractivity (Wildman–Crippen MR) is 69.4 cm³/mol. The average molecular weight is 253 g/mol. The van der Waals surface area contributed by atoms with Crippen molar-refractivity contribution in [2.24, 2.45) is 0 Å². The first-order chi connectivity index (χ1) is 8.36. The standard InChI is InChI=1S/C12H19N3OS/c16-12(11-9-13-10-17-11)14-5-1-2-6-15-7-3-4-8-15/h9-10H,1-8H2,(H,14,16). The smallest absolute Gasteiger partial charge is 0.262 e. The Morgan fingerprint density at radius 2 is 2.24 bits per heavy atom. The highest BCUT2D eigenvalue weighted by Gasteiger charge is 2.10. The number of amides is 1. The molecule has 1 saturated heterocycles. The van der Waals surface area contributed by atoms with Gasteiger partial charge in [-0.15, -0.1) is 11.3 Å². The van der Waals surface area contributed by atoms with Crippen molar-refractivity contribution in [1.29, 1.82) is 0 Å². The molecular weight excluding hydrogens is 234 g/mol. The summed E-state index contributed by atoms with van der Waals surface area (Å²) in [6.07, 6.45) is 6.54. The maximum absolute atomic E-state index is 11.6. The third-order valence-corrected chi connectivity index (χ3v) is 3.81. The summed E-state index contributed by atoms with van der Waals surface area (Å²) in [5.41, 5.74) is 1.68. The molecule has 1 aromatic rings. The number of rotatable bonds is 6. The number of carbonyl (C=O) groups excluding carboxylic acids is 1. The van der Waals surface area contributed by atoms with Gasteiger partial charge >= 0.3 is 0 Å². The summed E-state index contributed by atoms with van der Waals surface area (Å²) in [5.74, 6) is 0.00803. The highest BCUT2D eigenvalue weighted by atomic mass is 32.1. The van der Waals surface area contributed by atoms with Gasteiger partial charge in [0.25, 0.3) is 5.91 Å². The third kappa shape index (κ3) is 4.09. The van der Waals surface area contributed by atoms with E-state index in [1.807, 2.05) is 0 Å². The van der Waals surface area contributed by atoms with E-state index in [2.05, 4.69) is 15.2 Å². The highest BCUT2D eigenvalue weighted by Crippen LogP contribution is 2.08. The van der Waals surface area contributed by atoms with E-state index in [1.54, 1.807) is 11.7 Å². The van der Waals surface area contributed by atoms with E-state index in [-0.39, 0.29) is 5.91 Å². The number of aromatic nitrogens is 1. The fourth-order valence-corrected chi connectivity index (χ4v) is 2.62. The quantitative estimate of drug-likeness (QED) is 0.786. The zero-order chi connectivity index (χ0) is 11.9. The molecule has 2 rings (SSSR count). The van der Waals surface area contributed by atoms with Crippen LogP contribution in [0.4, 0.5) is 0 Å². The SMILES string of the molecule is O=C(NCCCCN1CCCC1)c1cncs1. The predicted octanol–water partition coefficient (Wildman–Crippen LogP) is 1.75. The van der Waals surface area contributed by atoms with Crippen molar-refractivity contribution in [3.63, 3.8) is 0 Å². The molecule has 17 heavy (non-hydrogen) atoms. The lowest BCUT2D eigenvalue weighted by Crippen LogP contribution is -2.25. The molecule has 0 bridgehead atoms. The Morgan fingerprint density at radius 3 is 2.94 bits per heavy atom. The second-order valence-corrected chi connectivity index (χ2v) is 5.26. The van der Waals surface area contributed by atoms with Crippen LogP contribution in [-0.2, 0) is 0 Å². The number of carbonyl (C=O) groups is 1. The van der Waals surface area contributed by atoms with Gasteiger partial charge in [-0.05, 0) is 45.3 Å². The van der Waals surface area contributed by atoms with E-state index in [0.29, 0.717) is 4.88 Å². The van der Waals surface area contributed by atoms with Crippen LogP contribution in [0.5, 0.6) is 0 Å². The zero-order valence-electron chi connectivity index (χ0n) is 10.0. The molecule has 1 N–H and O–H groups in total. The van der Waals surface area contributed by atoms with Gasteiger partial charge in [0.15, 0.2) is 0 Å². The van der Waals surface area contributed by atoms with E-state index in [1.165, 1.54) is 50.2 Å². The fraction of sp³-hybridized carbons (Fsp3) is 0.667. The topological polar surface area (TPSA) is 45.2 Å². The number of nitrogens with one attached hydrogen (secondary N) is 1. The van der Waals surface area contributed by atoms with E-state index in [4.69, 9.17) is 0 Å². The van der Waals surface area contributed by atoms with Crippen LogP contribution >= 0.6 is 11.3 Å². The van der Waals surface area contributed by atoms with Crippen molar-refractivity contribution in [2.75, 3.05) is 26.2 Å². The van der Waals surface area contributed by atoms with Gasteiger partial charge < -0.3 is 10.2 Å². The van der Waals surface area contributed by atoms with Crippen LogP contribution in [0.2, 0.25) is 0 Å². The summed E-state index contributed by atoms with van der Waals surface area (Å²) in [7, 11) is 0. The first-order valence-electron chi connectivity index (χ1n) is 6.25. The maximum atomic E-state index is 11.6. The van der Waals surface area contributed by atoms with Crippen LogP contribution in [0, 0.1) is 0 Å². The van der Waals surface area contributed by atoms with Crippen LogP contribution in [0.25, 0.3) is 0 Å². The minimum Gasteiger partial charge on any atom is -0.351 e. The summed E-state index contributed by atoms with van der Waals surface area (Å²) in [5, 5.41) is 2.92. The largest absolute Gasteiger partial charge is 0.351 e. The Morgan fingerprint density at radius 1 is 1.41 bits per heavy atom. The Kier molecular flexibility index (Phi) is 4.94. The molecule has 0 aliphatic carbocycles. The number of hydrogen-bond acceptors (Lipinski definition) is 4. The van der Waals surface area contributed by atoms with Crippen molar-refractivity contribution in [3.05, 3.63) is 16.6 Å². The average Bonchev–Trinajstić information content (AvgIpc) is 3.01. The second kappa shape index (κ2) is 6.71. The van der Waals surface area contributed by atoms with Gasteiger partial charge in [-0.2, -0.15) is 0 Å². The molecular formula is C12H19N3OS. The van der Waals surface area contributed by atoms with E-state index >= 15 is 0 Å². The molecule has 0 atom stereocenters. The fourth-order valence-electron chi connectivity index (χ4n) is 2.08. The molecule has 4 nitrogen and oxygen atoms in total. The minimum absolute atomic E-state index is 0.00803. The number of likely N-dealkylation sites (tertiary alicyclic amines) is 1. The lowest BCUT2D eigenvalue weighted by atomic mass is 10.3. The van der Waals surface area contributed by atoms with Gasteiger partial charge in [0.2, 0.25) is 0 Å². The van der Waals surface area contributed by atoms with Gasteiger partial charge in [-0.3, -0.25) is 9.78 Å². The molecule has 1 fully saturated rings. The van der Waals surface area contributed by atoms with Crippen LogP contribution < -0.4 is 5.32 Å². The Balaban J connectivity index is 1.52. The van der Waals surface area contributed by atoms with Gasteiger partial charge in [0, 0.05) is 6.54 Å². The van der Waals surface area contributed by atoms with E-state index in [9.17, 15) is 4.79 Å². The number of nitrogens with zero attached hydrogens (tertiary/aromatic N) is 2. The lowest BCUT2D eigenvalue weighted by molar-refractivity contribution is 0.0956. The van der Waals surface area contributed by atoms with Crippen molar-refractivity contribution in [3.8, 4) is 0 Å². The van der Waals surface area contributed by atoms with Crippen LogP contribution in [0.15, 0.2) is 11.7 Å². The molecule has 1 amide bonds. The molecule has 0 saturated carbocycles. The molecule has 0 radical (unpaired) electrons. The van der Waals surface area contributed by atoms with Crippen LogP contribution in [-0.4, -0.2) is 42.0 Å². The molecule has 5 heteroatoms. The summed E-state index contributed by atoms with van der Waals surface area (Å²) in [6, 6.07) is 0. The number of thiazole rings is 1. The van der Waals surface area contributed by atoms with Crippen molar-refractivity contribution in [1.82, 2.24) is 15.2 Å². The number of unbranched alkanes of at least 4 members (excludes halogenated alkanes) is 1. The third-order valence-electron chi connectivity index (χ3n) is 3.04. The van der Waals surface area contributed by atoms with Gasteiger partial charge in [0.05, 0.1) is 11.7 Å². The molecule has 0 aromatic carbocycles. The van der Waals surface area contributed by atoms with Crippen LogP contribution in [0.3, 0.4) is 0 Å². The van der Waals surface area contributed by atoms with Gasteiger partial charge in [0.1, 0.15) is 4.88 Å². The maximum Gasteiger partial charge on any atom is 0.262 e. The Bertz CT molecular complexity index is 334. The summed E-state index contributed by atoms with van der Waals surface area (Å²) in [6.45, 7) is 4.46. The molecule has 2 heterocycles. The van der Waals surface area contributed by atoms with E-state index in [0.717, 1.165) is 13.0 Å². The van der Waals surface area contributed by atoms with E-state index < -0.39 is 0 Å². The summed E-state index contributed by atoms with van der Waals surface area (Å²) < 4.78 is 0. The molecule has 94 valence electrons. The molecule has 1 aliphatic heterocycles. The van der Waals surface area contributed by atoms with Crippen molar-refractivity contribution < 1.29 is 4.79 Å². The molecule has 0 unspecified atom stereocenters. The first kappa shape index (κ1) is 12.5. The van der Waals surface area contributed by atoms with Gasteiger partial charge in [-0.25, -0.2) is 0 Å². The van der Waals surface area contributed by atoms with Crippen molar-refractivity contribution >= 4 is 17.2 Å². The normalized spacial score (nSPS) is 16.2. The Hall–Kier alpha value is -0.940. The number of hydrogen-bond donors (Lipinski definition) is 1. The molecule has 1 aromatic heterocycles. The monoisotopic (exact) mass is 253 g/mol. The first-order valence-corrected chi connectivity index (χ1v) is 7.13. The van der Waals surface area contributed by atoms with Crippen LogP contribution in [0.1, 0.15) is 35.4 Å². The summed E-state index contributed by atoms with van der Waals surface area (Å²) in [4.78, 5) is 18.7. The molecule has 0 spiro atoms. The summed E-state index contributed by atoms with van der Waals surface area (Å²) >= 11 is 1.38. The lowest BCUT2D eigenvalue weighted by Gasteiger charge is -2.13. The van der Waals surface area contributed by atoms with Crippen molar-refractivity contribution in [2.45, 2.75) is 25.7 Å². The molecule has 1 aliphatic rings. The highest BCUT2D eigenvalue weighted by molar-refractivity contribution is 7.11. The van der Waals surface area contributed by atoms with Gasteiger partial charge in [-0.1, -0.05) is 0 Å². The zero-order valence-corrected chi connectivity index (χ0v) is 10.8. The Labute approximate surface area is 106 Å². The second-order valence-electron chi connectivity index (χ2n) is 4.38.